The van der Waals surface area contributed by atoms with E-state index < -0.39 is 11.3 Å². The van der Waals surface area contributed by atoms with Crippen LogP contribution in [0.2, 0.25) is 0 Å². The monoisotopic (exact) mass is 186 g/mol. The molecule has 5 nitrogen and oxygen atoms in total. The molecule has 1 unspecified atom stereocenters. The number of benzene rings is 1. The zero-order chi connectivity index (χ0) is 8.97. The Labute approximate surface area is 72.4 Å². The second kappa shape index (κ2) is 4.05. The first kappa shape index (κ1) is 8.98. The van der Waals surface area contributed by atoms with Crippen LogP contribution in [0.4, 0.5) is 11.4 Å². The highest BCUT2D eigenvalue weighted by Gasteiger charge is 1.96. The summed E-state index contributed by atoms with van der Waals surface area (Å²) in [6.07, 6.45) is 0. The molecule has 4 N–H and O–H groups in total. The molecule has 6 heteroatoms. The number of hydrazine groups is 1. The maximum atomic E-state index is 10.3. The lowest BCUT2D eigenvalue weighted by Gasteiger charge is -2.12. The molecule has 0 aromatic heterocycles. The van der Waals surface area contributed by atoms with Crippen LogP contribution in [-0.4, -0.2) is 8.76 Å². The molecule has 0 fully saturated rings. The van der Waals surface area contributed by atoms with Gasteiger partial charge in [-0.05, 0) is 12.1 Å². The van der Waals surface area contributed by atoms with Crippen LogP contribution in [-0.2, 0) is 11.3 Å². The molecule has 0 saturated heterocycles. The second-order valence-electron chi connectivity index (χ2n) is 2.03. The predicted molar refractivity (Wildman–Crippen MR) is 46.8 cm³/mol. The van der Waals surface area contributed by atoms with Crippen LogP contribution in [0.15, 0.2) is 24.3 Å². The summed E-state index contributed by atoms with van der Waals surface area (Å²) >= 11 is -2.32. The lowest BCUT2D eigenvalue weighted by Crippen LogP contribution is -2.11. The number of nitrogens with one attached hydrogen (secondary N) is 2. The molecule has 0 spiro atoms. The van der Waals surface area contributed by atoms with Gasteiger partial charge in [-0.25, -0.2) is 0 Å². The Balaban J connectivity index is 2.89. The standard InChI is InChI=1S/C6H9N3O2S/c7-8-5-3-1-2-4-6(5)9-12(10)11/h1-4,8-9H,7H2,(H,10,11)/p-1. The van der Waals surface area contributed by atoms with E-state index in [0.717, 1.165) is 0 Å². The molecule has 1 aromatic carbocycles. The first-order valence-electron chi connectivity index (χ1n) is 3.15. The molecule has 66 valence electrons. The van der Waals surface area contributed by atoms with Gasteiger partial charge in [0, 0.05) is 11.3 Å². The summed E-state index contributed by atoms with van der Waals surface area (Å²) in [5.41, 5.74) is 3.32. The predicted octanol–water partition coefficient (Wildman–Crippen LogP) is 0.178. The van der Waals surface area contributed by atoms with Gasteiger partial charge >= 0.3 is 0 Å². The van der Waals surface area contributed by atoms with Crippen LogP contribution in [0.3, 0.4) is 0 Å². The Morgan fingerprint density at radius 1 is 1.33 bits per heavy atom. The molecular weight excluding hydrogens is 178 g/mol. The molecule has 12 heavy (non-hydrogen) atoms. The highest BCUT2D eigenvalue weighted by Crippen LogP contribution is 2.19. The third-order valence-electron chi connectivity index (χ3n) is 1.28. The van der Waals surface area contributed by atoms with E-state index in [1.54, 1.807) is 24.3 Å². The maximum absolute atomic E-state index is 10.3. The molecule has 1 rings (SSSR count). The number of rotatable bonds is 3. The summed E-state index contributed by atoms with van der Waals surface area (Å²) in [6, 6.07) is 6.71. The molecule has 0 heterocycles. The fraction of sp³-hybridized carbons (Fsp3) is 0. The van der Waals surface area contributed by atoms with E-state index in [4.69, 9.17) is 5.84 Å². The third-order valence-corrected chi connectivity index (χ3v) is 1.66. The van der Waals surface area contributed by atoms with Gasteiger partial charge in [-0.2, -0.15) is 0 Å². The van der Waals surface area contributed by atoms with Gasteiger partial charge in [0.05, 0.1) is 11.4 Å². The van der Waals surface area contributed by atoms with Gasteiger partial charge in [0.2, 0.25) is 0 Å². The van der Waals surface area contributed by atoms with Crippen LogP contribution >= 0.6 is 0 Å². The minimum Gasteiger partial charge on any atom is -0.755 e. The summed E-state index contributed by atoms with van der Waals surface area (Å²) in [5, 5.41) is 0. The van der Waals surface area contributed by atoms with E-state index >= 15 is 0 Å². The van der Waals surface area contributed by atoms with E-state index in [2.05, 4.69) is 10.1 Å². The number of nitrogens with two attached hydrogens (primary N) is 1. The van der Waals surface area contributed by atoms with Gasteiger partial charge in [-0.3, -0.25) is 10.1 Å². The van der Waals surface area contributed by atoms with Crippen molar-refractivity contribution in [3.05, 3.63) is 24.3 Å². The summed E-state index contributed by atoms with van der Waals surface area (Å²) < 4.78 is 22.7. The summed E-state index contributed by atoms with van der Waals surface area (Å²) in [6.45, 7) is 0. The molecule has 0 aliphatic heterocycles. The van der Waals surface area contributed by atoms with E-state index in [1.165, 1.54) is 0 Å². The summed E-state index contributed by atoms with van der Waals surface area (Å²) in [7, 11) is 0. The van der Waals surface area contributed by atoms with E-state index in [-0.39, 0.29) is 0 Å². The maximum Gasteiger partial charge on any atom is 0.0726 e. The van der Waals surface area contributed by atoms with Crippen LogP contribution in [0, 0.1) is 0 Å². The Morgan fingerprint density at radius 2 is 1.92 bits per heavy atom. The van der Waals surface area contributed by atoms with Crippen molar-refractivity contribution >= 4 is 22.6 Å². The van der Waals surface area contributed by atoms with Crippen molar-refractivity contribution in [3.63, 3.8) is 0 Å². The van der Waals surface area contributed by atoms with Gasteiger partial charge in [-0.15, -0.1) is 0 Å². The smallest absolute Gasteiger partial charge is 0.0726 e. The number of para-hydroxylation sites is 2. The highest BCUT2D eigenvalue weighted by atomic mass is 32.2. The molecule has 1 atom stereocenters. The van der Waals surface area contributed by atoms with Gasteiger partial charge in [-0.1, -0.05) is 12.1 Å². The zero-order valence-corrected chi connectivity index (χ0v) is 6.93. The highest BCUT2D eigenvalue weighted by molar-refractivity contribution is 7.80. The number of hydrogen-bond acceptors (Lipinski definition) is 4. The molecule has 1 aromatic rings. The SMILES string of the molecule is NNc1ccccc1NS(=O)[O-]. The fourth-order valence-electron chi connectivity index (χ4n) is 0.788. The number of nitrogen functional groups attached to an aromatic ring is 1. The quantitative estimate of drug-likeness (QED) is 0.357. The Kier molecular flexibility index (Phi) is 3.03. The van der Waals surface area contributed by atoms with Crippen molar-refractivity contribution in [2.24, 2.45) is 5.84 Å². The second-order valence-corrected chi connectivity index (χ2v) is 2.70. The van der Waals surface area contributed by atoms with Gasteiger partial charge in [0.25, 0.3) is 0 Å². The molecule has 0 bridgehead atoms. The van der Waals surface area contributed by atoms with Crippen LogP contribution < -0.4 is 16.0 Å². The van der Waals surface area contributed by atoms with Crippen LogP contribution in [0.5, 0.6) is 0 Å². The van der Waals surface area contributed by atoms with Gasteiger partial charge in [0.1, 0.15) is 0 Å². The first-order valence-corrected chi connectivity index (χ1v) is 4.23. The van der Waals surface area contributed by atoms with E-state index in [1.807, 2.05) is 0 Å². The Bertz CT molecular complexity index is 292. The van der Waals surface area contributed by atoms with Crippen molar-refractivity contribution in [1.29, 1.82) is 0 Å². The van der Waals surface area contributed by atoms with Crippen molar-refractivity contribution in [3.8, 4) is 0 Å². The Morgan fingerprint density at radius 3 is 2.42 bits per heavy atom. The average Bonchev–Trinajstić information content (AvgIpc) is 2.04. The summed E-state index contributed by atoms with van der Waals surface area (Å²) in [4.78, 5) is 0. The van der Waals surface area contributed by atoms with Crippen molar-refractivity contribution in [2.45, 2.75) is 0 Å². The third kappa shape index (κ3) is 2.19. The van der Waals surface area contributed by atoms with Crippen molar-refractivity contribution < 1.29 is 8.76 Å². The molecule has 0 amide bonds. The fourth-order valence-corrected chi connectivity index (χ4v) is 1.15. The molecular formula is C6H8N3O2S-. The average molecular weight is 186 g/mol. The first-order chi connectivity index (χ1) is 5.74. The lowest BCUT2D eigenvalue weighted by molar-refractivity contribution is 0.542. The van der Waals surface area contributed by atoms with Crippen molar-refractivity contribution in [2.75, 3.05) is 10.1 Å². The molecule has 0 saturated carbocycles. The lowest BCUT2D eigenvalue weighted by atomic mass is 10.3. The minimum absolute atomic E-state index is 0.424. The molecule has 0 aliphatic rings. The minimum atomic E-state index is -2.32. The topological polar surface area (TPSA) is 90.2 Å². The Hall–Kier alpha value is -1.11. The largest absolute Gasteiger partial charge is 0.755 e. The number of hydrogen-bond donors (Lipinski definition) is 3. The molecule has 0 radical (unpaired) electrons. The van der Waals surface area contributed by atoms with Crippen LogP contribution in [0.1, 0.15) is 0 Å². The summed E-state index contributed by atoms with van der Waals surface area (Å²) in [5.74, 6) is 5.14. The normalized spacial score (nSPS) is 12.2. The number of anilines is 2. The van der Waals surface area contributed by atoms with E-state index in [9.17, 15) is 8.76 Å². The zero-order valence-electron chi connectivity index (χ0n) is 6.11. The van der Waals surface area contributed by atoms with Gasteiger partial charge < -0.3 is 14.7 Å². The molecule has 0 aliphatic carbocycles. The van der Waals surface area contributed by atoms with E-state index in [0.29, 0.717) is 11.4 Å². The van der Waals surface area contributed by atoms with Crippen LogP contribution in [0.25, 0.3) is 0 Å². The van der Waals surface area contributed by atoms with Gasteiger partial charge in [0.15, 0.2) is 0 Å². The van der Waals surface area contributed by atoms with Crippen molar-refractivity contribution in [1.82, 2.24) is 0 Å².